The number of nitrogens with zero attached hydrogens (tertiary/aromatic N) is 1. The zero-order valence-electron chi connectivity index (χ0n) is 16.4. The first-order valence-corrected chi connectivity index (χ1v) is 10.0. The highest BCUT2D eigenvalue weighted by Crippen LogP contribution is 2.28. The monoisotopic (exact) mass is 370 g/mol. The van der Waals surface area contributed by atoms with Crippen molar-refractivity contribution >= 4 is 5.91 Å². The Morgan fingerprint density at radius 2 is 1.96 bits per heavy atom. The molecule has 1 fully saturated rings. The lowest BCUT2D eigenvalue weighted by molar-refractivity contribution is -0.120. The molecular weight excluding hydrogens is 340 g/mol. The van der Waals surface area contributed by atoms with Crippen LogP contribution in [0.3, 0.4) is 0 Å². The quantitative estimate of drug-likeness (QED) is 0.660. The van der Waals surface area contributed by atoms with E-state index in [9.17, 15) is 4.79 Å². The highest BCUT2D eigenvalue weighted by molar-refractivity contribution is 5.78. The normalized spacial score (nSPS) is 14.4. The standard InChI is InChI=1S/C22H30N2O3/c1-16-21(17(2)27-24-16)15-26-20-11-9-19(10-12-20)14-22(25)23-13-5-8-18-6-3-4-7-18/h9-12,18H,3-8,13-15H2,1-2H3,(H,23,25). The molecule has 1 N–H and O–H groups in total. The molecule has 1 aromatic carbocycles. The van der Waals surface area contributed by atoms with E-state index in [0.29, 0.717) is 13.0 Å². The van der Waals surface area contributed by atoms with Crippen LogP contribution in [0.15, 0.2) is 28.8 Å². The first kappa shape index (κ1) is 19.5. The Bertz CT molecular complexity index is 711. The lowest BCUT2D eigenvalue weighted by Gasteiger charge is -2.10. The minimum atomic E-state index is 0.0887. The van der Waals surface area contributed by atoms with Crippen LogP contribution in [0.25, 0.3) is 0 Å². The summed E-state index contributed by atoms with van der Waals surface area (Å²) >= 11 is 0. The van der Waals surface area contributed by atoms with Gasteiger partial charge in [0.15, 0.2) is 0 Å². The number of carbonyl (C=O) groups is 1. The number of nitrogens with one attached hydrogen (secondary N) is 1. The molecule has 0 atom stereocenters. The Hall–Kier alpha value is -2.30. The van der Waals surface area contributed by atoms with Gasteiger partial charge in [-0.15, -0.1) is 0 Å². The molecule has 0 bridgehead atoms. The molecule has 27 heavy (non-hydrogen) atoms. The second-order valence-electron chi connectivity index (χ2n) is 7.55. The molecule has 0 saturated heterocycles. The van der Waals surface area contributed by atoms with Crippen molar-refractivity contribution in [2.24, 2.45) is 5.92 Å². The third kappa shape index (κ3) is 5.84. The number of ether oxygens (including phenoxy) is 1. The van der Waals surface area contributed by atoms with E-state index in [1.807, 2.05) is 38.1 Å². The van der Waals surface area contributed by atoms with E-state index in [-0.39, 0.29) is 5.91 Å². The Morgan fingerprint density at radius 1 is 1.22 bits per heavy atom. The summed E-state index contributed by atoms with van der Waals surface area (Å²) in [6, 6.07) is 7.70. The third-order valence-corrected chi connectivity index (χ3v) is 5.44. The van der Waals surface area contributed by atoms with Crippen molar-refractivity contribution in [1.82, 2.24) is 10.5 Å². The SMILES string of the molecule is Cc1noc(C)c1COc1ccc(CC(=O)NCCCC2CCCC2)cc1. The topological polar surface area (TPSA) is 64.4 Å². The van der Waals surface area contributed by atoms with Crippen molar-refractivity contribution in [2.45, 2.75) is 65.4 Å². The number of benzene rings is 1. The van der Waals surface area contributed by atoms with Gasteiger partial charge in [0.25, 0.3) is 0 Å². The maximum atomic E-state index is 12.1. The van der Waals surface area contributed by atoms with Gasteiger partial charge in [-0.1, -0.05) is 43.0 Å². The Balaban J connectivity index is 1.37. The smallest absolute Gasteiger partial charge is 0.224 e. The summed E-state index contributed by atoms with van der Waals surface area (Å²) in [5, 5.41) is 6.97. The van der Waals surface area contributed by atoms with Crippen molar-refractivity contribution in [3.05, 3.63) is 46.8 Å². The maximum absolute atomic E-state index is 12.1. The Labute approximate surface area is 161 Å². The van der Waals surface area contributed by atoms with E-state index < -0.39 is 0 Å². The number of carbonyl (C=O) groups excluding carboxylic acids is 1. The first-order chi connectivity index (χ1) is 13.1. The van der Waals surface area contributed by atoms with Crippen LogP contribution in [0.1, 0.15) is 61.1 Å². The van der Waals surface area contributed by atoms with Gasteiger partial charge in [0.05, 0.1) is 17.7 Å². The van der Waals surface area contributed by atoms with Crippen molar-refractivity contribution in [2.75, 3.05) is 6.54 Å². The van der Waals surface area contributed by atoms with Crippen LogP contribution in [-0.4, -0.2) is 17.6 Å². The fourth-order valence-corrected chi connectivity index (χ4v) is 3.73. The number of hydrogen-bond donors (Lipinski definition) is 1. The molecule has 5 nitrogen and oxygen atoms in total. The van der Waals surface area contributed by atoms with Crippen LogP contribution in [-0.2, 0) is 17.8 Å². The van der Waals surface area contributed by atoms with Crippen molar-refractivity contribution in [3.8, 4) is 5.75 Å². The Kier molecular flexibility index (Phi) is 6.91. The number of aromatic nitrogens is 1. The highest BCUT2D eigenvalue weighted by atomic mass is 16.5. The zero-order chi connectivity index (χ0) is 19.1. The van der Waals surface area contributed by atoms with Gasteiger partial charge in [0, 0.05) is 6.54 Å². The first-order valence-electron chi connectivity index (χ1n) is 10.0. The molecule has 0 spiro atoms. The van der Waals surface area contributed by atoms with E-state index in [0.717, 1.165) is 47.2 Å². The Morgan fingerprint density at radius 3 is 2.63 bits per heavy atom. The summed E-state index contributed by atoms with van der Waals surface area (Å²) in [4.78, 5) is 12.1. The van der Waals surface area contributed by atoms with Gasteiger partial charge in [0.1, 0.15) is 18.1 Å². The molecule has 0 unspecified atom stereocenters. The van der Waals surface area contributed by atoms with Gasteiger partial charge < -0.3 is 14.6 Å². The molecule has 146 valence electrons. The van der Waals surface area contributed by atoms with Gasteiger partial charge in [-0.3, -0.25) is 4.79 Å². The molecule has 1 saturated carbocycles. The van der Waals surface area contributed by atoms with Crippen molar-refractivity contribution in [1.29, 1.82) is 0 Å². The van der Waals surface area contributed by atoms with Crippen LogP contribution in [0, 0.1) is 19.8 Å². The molecule has 1 aromatic heterocycles. The fraction of sp³-hybridized carbons (Fsp3) is 0.545. The molecule has 5 heteroatoms. The predicted octanol–water partition coefficient (Wildman–Crippen LogP) is 4.50. The second kappa shape index (κ2) is 9.58. The average molecular weight is 370 g/mol. The van der Waals surface area contributed by atoms with Crippen LogP contribution in [0.5, 0.6) is 5.75 Å². The summed E-state index contributed by atoms with van der Waals surface area (Å²) in [6.07, 6.45) is 8.26. The minimum absolute atomic E-state index is 0.0887. The molecule has 0 aliphatic heterocycles. The summed E-state index contributed by atoms with van der Waals surface area (Å²) in [5.41, 5.74) is 2.83. The predicted molar refractivity (Wildman–Crippen MR) is 105 cm³/mol. The highest BCUT2D eigenvalue weighted by Gasteiger charge is 2.14. The van der Waals surface area contributed by atoms with Gasteiger partial charge >= 0.3 is 0 Å². The van der Waals surface area contributed by atoms with Gasteiger partial charge in [-0.05, 0) is 50.3 Å². The summed E-state index contributed by atoms with van der Waals surface area (Å²) in [7, 11) is 0. The molecule has 2 aromatic rings. The van der Waals surface area contributed by atoms with E-state index in [1.165, 1.54) is 32.1 Å². The van der Waals surface area contributed by atoms with Crippen molar-refractivity contribution in [3.63, 3.8) is 0 Å². The van der Waals surface area contributed by atoms with Crippen LogP contribution in [0.4, 0.5) is 0 Å². The molecule has 1 aliphatic rings. The second-order valence-corrected chi connectivity index (χ2v) is 7.55. The number of amides is 1. The van der Waals surface area contributed by atoms with E-state index in [1.54, 1.807) is 0 Å². The van der Waals surface area contributed by atoms with E-state index >= 15 is 0 Å². The number of aryl methyl sites for hydroxylation is 2. The largest absolute Gasteiger partial charge is 0.489 e. The molecule has 0 radical (unpaired) electrons. The average Bonchev–Trinajstić information content (AvgIpc) is 3.29. The molecule has 1 aliphatic carbocycles. The van der Waals surface area contributed by atoms with Crippen LogP contribution < -0.4 is 10.1 Å². The van der Waals surface area contributed by atoms with Crippen molar-refractivity contribution < 1.29 is 14.1 Å². The van der Waals surface area contributed by atoms with Gasteiger partial charge in [-0.25, -0.2) is 0 Å². The van der Waals surface area contributed by atoms with E-state index in [4.69, 9.17) is 9.26 Å². The lowest BCUT2D eigenvalue weighted by atomic mass is 10.0. The summed E-state index contributed by atoms with van der Waals surface area (Å²) in [6.45, 7) is 5.01. The van der Waals surface area contributed by atoms with E-state index in [2.05, 4.69) is 10.5 Å². The van der Waals surface area contributed by atoms with Crippen LogP contribution >= 0.6 is 0 Å². The molecule has 1 heterocycles. The molecule has 1 amide bonds. The summed E-state index contributed by atoms with van der Waals surface area (Å²) in [5.74, 6) is 2.54. The third-order valence-electron chi connectivity index (χ3n) is 5.44. The summed E-state index contributed by atoms with van der Waals surface area (Å²) < 4.78 is 10.9. The number of hydrogen-bond acceptors (Lipinski definition) is 4. The minimum Gasteiger partial charge on any atom is -0.489 e. The number of rotatable bonds is 9. The zero-order valence-corrected chi connectivity index (χ0v) is 16.4. The van der Waals surface area contributed by atoms with Crippen LogP contribution in [0.2, 0.25) is 0 Å². The maximum Gasteiger partial charge on any atom is 0.224 e. The van der Waals surface area contributed by atoms with Gasteiger partial charge in [0.2, 0.25) is 5.91 Å². The molecule has 3 rings (SSSR count). The molecular formula is C22H30N2O3. The fourth-order valence-electron chi connectivity index (χ4n) is 3.73. The lowest BCUT2D eigenvalue weighted by Crippen LogP contribution is -2.26. The van der Waals surface area contributed by atoms with Gasteiger partial charge in [-0.2, -0.15) is 0 Å².